The van der Waals surface area contributed by atoms with Crippen LogP contribution in [0.2, 0.25) is 0 Å². The largest absolute Gasteiger partial charge is 0.354 e. The standard InChI is InChI=1S/C20H28N6/c1-21-20(23-15-17-6-4-3-5-7-17)24-16-18-8-9-22-19(14-18)26-12-10-25(2)11-13-26/h3-9,14H,10-13,15-16H2,1-2H3,(H2,21,23,24). The van der Waals surface area contributed by atoms with E-state index < -0.39 is 0 Å². The molecule has 3 rings (SSSR count). The van der Waals surface area contributed by atoms with Crippen LogP contribution >= 0.6 is 0 Å². The molecule has 1 aliphatic rings. The summed E-state index contributed by atoms with van der Waals surface area (Å²) in [6, 6.07) is 14.5. The molecule has 0 unspecified atom stereocenters. The number of guanidine groups is 1. The number of piperazine rings is 1. The van der Waals surface area contributed by atoms with E-state index in [1.807, 2.05) is 24.4 Å². The van der Waals surface area contributed by atoms with E-state index in [-0.39, 0.29) is 0 Å². The lowest BCUT2D eigenvalue weighted by atomic mass is 10.2. The maximum Gasteiger partial charge on any atom is 0.191 e. The van der Waals surface area contributed by atoms with Crippen LogP contribution < -0.4 is 15.5 Å². The van der Waals surface area contributed by atoms with E-state index in [2.05, 4.69) is 61.7 Å². The van der Waals surface area contributed by atoms with Crippen LogP contribution in [0, 0.1) is 0 Å². The Bertz CT molecular complexity index is 707. The first-order chi connectivity index (χ1) is 12.7. The fourth-order valence-electron chi connectivity index (χ4n) is 2.97. The number of likely N-dealkylation sites (N-methyl/N-ethyl adjacent to an activating group) is 1. The number of rotatable bonds is 5. The number of nitrogens with zero attached hydrogens (tertiary/aromatic N) is 4. The Kier molecular flexibility index (Phi) is 6.44. The quantitative estimate of drug-likeness (QED) is 0.634. The number of benzene rings is 1. The lowest BCUT2D eigenvalue weighted by Gasteiger charge is -2.33. The first-order valence-electron chi connectivity index (χ1n) is 9.11. The average molecular weight is 352 g/mol. The van der Waals surface area contributed by atoms with Gasteiger partial charge in [-0.3, -0.25) is 4.99 Å². The Balaban J connectivity index is 1.52. The van der Waals surface area contributed by atoms with Gasteiger partial charge in [0.2, 0.25) is 0 Å². The molecule has 6 nitrogen and oxygen atoms in total. The highest BCUT2D eigenvalue weighted by Crippen LogP contribution is 2.14. The van der Waals surface area contributed by atoms with Gasteiger partial charge >= 0.3 is 0 Å². The number of hydrogen-bond donors (Lipinski definition) is 2. The Morgan fingerprint density at radius 1 is 1.00 bits per heavy atom. The molecule has 0 saturated carbocycles. The lowest BCUT2D eigenvalue weighted by Crippen LogP contribution is -2.44. The predicted molar refractivity (Wildman–Crippen MR) is 107 cm³/mol. The molecular formula is C20H28N6. The fourth-order valence-corrected chi connectivity index (χ4v) is 2.97. The van der Waals surface area contributed by atoms with E-state index in [1.165, 1.54) is 11.1 Å². The molecule has 0 atom stereocenters. The molecular weight excluding hydrogens is 324 g/mol. The Morgan fingerprint density at radius 3 is 2.38 bits per heavy atom. The van der Waals surface area contributed by atoms with E-state index in [4.69, 9.17) is 0 Å². The molecule has 6 heteroatoms. The maximum atomic E-state index is 4.55. The van der Waals surface area contributed by atoms with Crippen molar-refractivity contribution in [2.45, 2.75) is 13.1 Å². The lowest BCUT2D eigenvalue weighted by molar-refractivity contribution is 0.312. The van der Waals surface area contributed by atoms with Crippen LogP contribution in [-0.4, -0.2) is 56.1 Å². The first kappa shape index (κ1) is 18.2. The fraction of sp³-hybridized carbons (Fsp3) is 0.400. The smallest absolute Gasteiger partial charge is 0.191 e. The minimum atomic E-state index is 0.720. The van der Waals surface area contributed by atoms with Crippen molar-refractivity contribution in [1.29, 1.82) is 0 Å². The molecule has 0 radical (unpaired) electrons. The van der Waals surface area contributed by atoms with E-state index in [1.54, 1.807) is 7.05 Å². The SMILES string of the molecule is CN=C(NCc1ccccc1)NCc1ccnc(N2CCN(C)CC2)c1. The van der Waals surface area contributed by atoms with Crippen molar-refractivity contribution in [1.82, 2.24) is 20.5 Å². The second-order valence-corrected chi connectivity index (χ2v) is 6.58. The van der Waals surface area contributed by atoms with Crippen LogP contribution in [0.1, 0.15) is 11.1 Å². The second kappa shape index (κ2) is 9.20. The molecule has 0 bridgehead atoms. The first-order valence-corrected chi connectivity index (χ1v) is 9.11. The molecule has 26 heavy (non-hydrogen) atoms. The summed E-state index contributed by atoms with van der Waals surface area (Å²) >= 11 is 0. The molecule has 138 valence electrons. The van der Waals surface area contributed by atoms with E-state index >= 15 is 0 Å². The normalized spacial score (nSPS) is 15.8. The van der Waals surface area contributed by atoms with E-state index in [0.29, 0.717) is 0 Å². The topological polar surface area (TPSA) is 55.8 Å². The number of anilines is 1. The van der Waals surface area contributed by atoms with Gasteiger partial charge in [-0.25, -0.2) is 4.98 Å². The van der Waals surface area contributed by atoms with Crippen molar-refractivity contribution in [2.75, 3.05) is 45.2 Å². The number of aliphatic imine (C=N–C) groups is 1. The monoisotopic (exact) mass is 352 g/mol. The molecule has 1 aromatic heterocycles. The van der Waals surface area contributed by atoms with Gasteiger partial charge in [-0.05, 0) is 30.3 Å². The van der Waals surface area contributed by atoms with E-state index in [9.17, 15) is 0 Å². The summed E-state index contributed by atoms with van der Waals surface area (Å²) in [5, 5.41) is 6.72. The predicted octanol–water partition coefficient (Wildman–Crippen LogP) is 1.70. The van der Waals surface area contributed by atoms with Gasteiger partial charge in [-0.1, -0.05) is 30.3 Å². The van der Waals surface area contributed by atoms with Crippen LogP contribution in [0.5, 0.6) is 0 Å². The summed E-state index contributed by atoms with van der Waals surface area (Å²) in [5.74, 6) is 1.86. The molecule has 0 spiro atoms. The summed E-state index contributed by atoms with van der Waals surface area (Å²) in [6.07, 6.45) is 1.89. The van der Waals surface area contributed by atoms with Gasteiger partial charge in [-0.2, -0.15) is 0 Å². The highest BCUT2D eigenvalue weighted by atomic mass is 15.3. The highest BCUT2D eigenvalue weighted by Gasteiger charge is 2.15. The van der Waals surface area contributed by atoms with Crippen molar-refractivity contribution in [2.24, 2.45) is 4.99 Å². The number of aromatic nitrogens is 1. The third kappa shape index (κ3) is 5.20. The van der Waals surface area contributed by atoms with Gasteiger partial charge in [0, 0.05) is 52.5 Å². The Morgan fingerprint density at radius 2 is 1.69 bits per heavy atom. The van der Waals surface area contributed by atoms with Gasteiger partial charge in [0.25, 0.3) is 0 Å². The minimum absolute atomic E-state index is 0.720. The zero-order valence-corrected chi connectivity index (χ0v) is 15.7. The Labute approximate surface area is 156 Å². The zero-order chi connectivity index (χ0) is 18.2. The van der Waals surface area contributed by atoms with Gasteiger partial charge in [0.15, 0.2) is 5.96 Å². The molecule has 1 saturated heterocycles. The highest BCUT2D eigenvalue weighted by molar-refractivity contribution is 5.79. The zero-order valence-electron chi connectivity index (χ0n) is 15.7. The Hall–Kier alpha value is -2.60. The van der Waals surface area contributed by atoms with Crippen LogP contribution in [-0.2, 0) is 13.1 Å². The van der Waals surface area contributed by atoms with Gasteiger partial charge in [-0.15, -0.1) is 0 Å². The van der Waals surface area contributed by atoms with Crippen molar-refractivity contribution < 1.29 is 0 Å². The average Bonchev–Trinajstić information content (AvgIpc) is 2.70. The summed E-state index contributed by atoms with van der Waals surface area (Å²) < 4.78 is 0. The molecule has 1 aliphatic heterocycles. The number of nitrogens with one attached hydrogen (secondary N) is 2. The van der Waals surface area contributed by atoms with Crippen molar-refractivity contribution in [3.05, 3.63) is 59.8 Å². The van der Waals surface area contributed by atoms with Gasteiger partial charge in [0.05, 0.1) is 0 Å². The van der Waals surface area contributed by atoms with Gasteiger partial charge < -0.3 is 20.4 Å². The van der Waals surface area contributed by atoms with E-state index in [0.717, 1.165) is 51.0 Å². The van der Waals surface area contributed by atoms with Crippen LogP contribution in [0.3, 0.4) is 0 Å². The molecule has 1 fully saturated rings. The molecule has 1 aromatic carbocycles. The summed E-state index contributed by atoms with van der Waals surface area (Å²) in [4.78, 5) is 13.6. The van der Waals surface area contributed by atoms with Crippen molar-refractivity contribution in [3.8, 4) is 0 Å². The van der Waals surface area contributed by atoms with Gasteiger partial charge in [0.1, 0.15) is 5.82 Å². The molecule has 2 N–H and O–H groups in total. The third-order valence-electron chi connectivity index (χ3n) is 4.62. The summed E-state index contributed by atoms with van der Waals surface area (Å²) in [5.41, 5.74) is 2.44. The molecule has 2 heterocycles. The van der Waals surface area contributed by atoms with Crippen LogP contribution in [0.4, 0.5) is 5.82 Å². The summed E-state index contributed by atoms with van der Waals surface area (Å²) in [6.45, 7) is 5.70. The van der Waals surface area contributed by atoms with Crippen molar-refractivity contribution in [3.63, 3.8) is 0 Å². The summed E-state index contributed by atoms with van der Waals surface area (Å²) in [7, 11) is 3.96. The molecule has 2 aromatic rings. The minimum Gasteiger partial charge on any atom is -0.354 e. The van der Waals surface area contributed by atoms with Crippen LogP contribution in [0.15, 0.2) is 53.7 Å². The third-order valence-corrected chi connectivity index (χ3v) is 4.62. The number of pyridine rings is 1. The molecule has 0 amide bonds. The molecule has 0 aliphatic carbocycles. The maximum absolute atomic E-state index is 4.55. The number of hydrogen-bond acceptors (Lipinski definition) is 4. The van der Waals surface area contributed by atoms with Crippen molar-refractivity contribution >= 4 is 11.8 Å². The second-order valence-electron chi connectivity index (χ2n) is 6.58. The van der Waals surface area contributed by atoms with Crippen LogP contribution in [0.25, 0.3) is 0 Å².